The third kappa shape index (κ3) is 3.43. The second kappa shape index (κ2) is 5.99. The minimum absolute atomic E-state index is 0.0545. The van der Waals surface area contributed by atoms with Gasteiger partial charge in [-0.1, -0.05) is 24.3 Å². The highest BCUT2D eigenvalue weighted by molar-refractivity contribution is 5.91. The van der Waals surface area contributed by atoms with E-state index < -0.39 is 5.97 Å². The van der Waals surface area contributed by atoms with Gasteiger partial charge in [0.15, 0.2) is 0 Å². The lowest BCUT2D eigenvalue weighted by molar-refractivity contribution is -0.132. The van der Waals surface area contributed by atoms with Crippen molar-refractivity contribution in [3.8, 4) is 0 Å². The highest BCUT2D eigenvalue weighted by Crippen LogP contribution is 2.21. The first kappa shape index (κ1) is 13.8. The third-order valence-electron chi connectivity index (χ3n) is 3.53. The number of hydrogen-bond donors (Lipinski definition) is 2. The summed E-state index contributed by atoms with van der Waals surface area (Å²) in [6, 6.07) is 7.78. The maximum atomic E-state index is 10.8. The van der Waals surface area contributed by atoms with E-state index in [4.69, 9.17) is 10.8 Å². The molecule has 1 aromatic carbocycles. The van der Waals surface area contributed by atoms with Crippen molar-refractivity contribution in [2.24, 2.45) is 5.73 Å². The fourth-order valence-electron chi connectivity index (χ4n) is 2.33. The molecule has 0 amide bonds. The van der Waals surface area contributed by atoms with E-state index >= 15 is 0 Å². The summed E-state index contributed by atoms with van der Waals surface area (Å²) in [5.41, 5.74) is 8.51. The maximum absolute atomic E-state index is 10.8. The number of likely N-dealkylation sites (tertiary alicyclic amines) is 1. The Bertz CT molecular complexity index is 473. The molecule has 0 bridgehead atoms. The number of nitrogens with zero attached hydrogens (tertiary/aromatic N) is 1. The number of aliphatic carboxylic acids is 1. The lowest BCUT2D eigenvalue weighted by Crippen LogP contribution is -2.31. The van der Waals surface area contributed by atoms with E-state index in [2.05, 4.69) is 4.90 Å². The topological polar surface area (TPSA) is 66.6 Å². The molecule has 19 heavy (non-hydrogen) atoms. The number of carboxylic acids is 1. The van der Waals surface area contributed by atoms with Gasteiger partial charge in [-0.2, -0.15) is 0 Å². The van der Waals surface area contributed by atoms with E-state index in [0.717, 1.165) is 24.2 Å². The maximum Gasteiger partial charge on any atom is 0.331 e. The molecule has 1 atom stereocenters. The lowest BCUT2D eigenvalue weighted by atomic mass is 10.1. The van der Waals surface area contributed by atoms with Gasteiger partial charge in [0, 0.05) is 5.57 Å². The highest BCUT2D eigenvalue weighted by Gasteiger charge is 2.19. The Hall–Kier alpha value is -1.65. The van der Waals surface area contributed by atoms with Crippen LogP contribution in [0, 0.1) is 0 Å². The molecular formula is C15H20N2O2. The van der Waals surface area contributed by atoms with Crippen molar-refractivity contribution < 1.29 is 9.90 Å². The summed E-state index contributed by atoms with van der Waals surface area (Å²) in [4.78, 5) is 13.0. The average molecular weight is 260 g/mol. The molecule has 1 heterocycles. The van der Waals surface area contributed by atoms with Gasteiger partial charge in [-0.25, -0.2) is 4.79 Å². The largest absolute Gasteiger partial charge is 0.478 e. The molecule has 3 N–H and O–H groups in total. The van der Waals surface area contributed by atoms with E-state index in [1.54, 1.807) is 13.0 Å². The van der Waals surface area contributed by atoms with Gasteiger partial charge in [0.1, 0.15) is 0 Å². The first-order valence-corrected chi connectivity index (χ1v) is 6.59. The molecule has 4 nitrogen and oxygen atoms in total. The van der Waals surface area contributed by atoms with Crippen LogP contribution in [0.1, 0.15) is 37.1 Å². The molecule has 1 aliphatic rings. The van der Waals surface area contributed by atoms with Crippen LogP contribution in [0.3, 0.4) is 0 Å². The molecule has 0 radical (unpaired) electrons. The summed E-state index contributed by atoms with van der Waals surface area (Å²) in [7, 11) is 0. The van der Waals surface area contributed by atoms with Crippen LogP contribution >= 0.6 is 0 Å². The van der Waals surface area contributed by atoms with E-state index in [1.807, 2.05) is 24.3 Å². The smallest absolute Gasteiger partial charge is 0.331 e. The van der Waals surface area contributed by atoms with E-state index in [9.17, 15) is 4.79 Å². The van der Waals surface area contributed by atoms with E-state index in [-0.39, 0.29) is 6.17 Å². The number of carboxylic acid groups (broad SMARTS) is 1. The molecule has 1 aliphatic heterocycles. The molecule has 1 unspecified atom stereocenters. The highest BCUT2D eigenvalue weighted by atomic mass is 16.4. The van der Waals surface area contributed by atoms with Crippen molar-refractivity contribution in [3.63, 3.8) is 0 Å². The molecule has 0 aliphatic carbocycles. The minimum Gasteiger partial charge on any atom is -0.478 e. The zero-order chi connectivity index (χ0) is 13.8. The van der Waals surface area contributed by atoms with Crippen LogP contribution in [0.15, 0.2) is 29.8 Å². The third-order valence-corrected chi connectivity index (χ3v) is 3.53. The molecule has 102 valence electrons. The molecule has 0 spiro atoms. The number of rotatable bonds is 4. The Labute approximate surface area is 113 Å². The summed E-state index contributed by atoms with van der Waals surface area (Å²) in [5.74, 6) is -0.891. The van der Waals surface area contributed by atoms with Crippen LogP contribution in [-0.4, -0.2) is 29.1 Å². The first-order chi connectivity index (χ1) is 9.08. The SMILES string of the molecule is CC(=Cc1ccc(C(N)N2CCCC2)cc1)C(=O)O. The molecule has 1 saturated heterocycles. The first-order valence-electron chi connectivity index (χ1n) is 6.59. The van der Waals surface area contributed by atoms with Gasteiger partial charge in [0.2, 0.25) is 0 Å². The van der Waals surface area contributed by atoms with Gasteiger partial charge in [0.05, 0.1) is 6.17 Å². The van der Waals surface area contributed by atoms with Gasteiger partial charge < -0.3 is 10.8 Å². The van der Waals surface area contributed by atoms with E-state index in [1.165, 1.54) is 12.8 Å². The summed E-state index contributed by atoms with van der Waals surface area (Å²) < 4.78 is 0. The Kier molecular flexibility index (Phi) is 4.35. The lowest BCUT2D eigenvalue weighted by Gasteiger charge is -2.23. The minimum atomic E-state index is -0.891. The van der Waals surface area contributed by atoms with Gasteiger partial charge in [-0.3, -0.25) is 4.90 Å². The van der Waals surface area contributed by atoms with Crippen LogP contribution in [0.2, 0.25) is 0 Å². The van der Waals surface area contributed by atoms with Crippen molar-refractivity contribution in [1.29, 1.82) is 0 Å². The Morgan fingerprint density at radius 3 is 2.42 bits per heavy atom. The Morgan fingerprint density at radius 2 is 1.89 bits per heavy atom. The van der Waals surface area contributed by atoms with Gasteiger partial charge in [-0.05, 0) is 50.1 Å². The van der Waals surface area contributed by atoms with Crippen molar-refractivity contribution in [1.82, 2.24) is 4.90 Å². The summed E-state index contributed by atoms with van der Waals surface area (Å²) in [6.07, 6.45) is 4.03. The monoisotopic (exact) mass is 260 g/mol. The van der Waals surface area contributed by atoms with Crippen molar-refractivity contribution in [2.45, 2.75) is 25.9 Å². The van der Waals surface area contributed by atoms with Crippen LogP contribution in [0.4, 0.5) is 0 Å². The normalized spacial score (nSPS) is 18.5. The quantitative estimate of drug-likeness (QED) is 0.815. The molecule has 1 fully saturated rings. The van der Waals surface area contributed by atoms with Crippen molar-refractivity contribution >= 4 is 12.0 Å². The predicted molar refractivity (Wildman–Crippen MR) is 75.5 cm³/mol. The van der Waals surface area contributed by atoms with Gasteiger partial charge in [-0.15, -0.1) is 0 Å². The summed E-state index contributed by atoms with van der Waals surface area (Å²) in [5, 5.41) is 8.83. The zero-order valence-electron chi connectivity index (χ0n) is 11.2. The summed E-state index contributed by atoms with van der Waals surface area (Å²) in [6.45, 7) is 3.70. The van der Waals surface area contributed by atoms with Crippen LogP contribution < -0.4 is 5.73 Å². The standard InChI is InChI=1S/C15H20N2O2/c1-11(15(18)19)10-12-4-6-13(7-5-12)14(16)17-8-2-3-9-17/h4-7,10,14H,2-3,8-9,16H2,1H3,(H,18,19). The van der Waals surface area contributed by atoms with Crippen molar-refractivity contribution in [3.05, 3.63) is 41.0 Å². The molecule has 1 aromatic rings. The zero-order valence-corrected chi connectivity index (χ0v) is 11.2. The number of nitrogens with two attached hydrogens (primary N) is 1. The number of hydrogen-bond acceptors (Lipinski definition) is 3. The van der Waals surface area contributed by atoms with Gasteiger partial charge in [0.25, 0.3) is 0 Å². The molecule has 0 aromatic heterocycles. The van der Waals surface area contributed by atoms with Crippen LogP contribution in [0.5, 0.6) is 0 Å². The second-order valence-corrected chi connectivity index (χ2v) is 4.99. The molecule has 2 rings (SSSR count). The van der Waals surface area contributed by atoms with Crippen molar-refractivity contribution in [2.75, 3.05) is 13.1 Å². The Balaban J connectivity index is 2.09. The van der Waals surface area contributed by atoms with Gasteiger partial charge >= 0.3 is 5.97 Å². The predicted octanol–water partition coefficient (Wildman–Crippen LogP) is 2.23. The van der Waals surface area contributed by atoms with Crippen LogP contribution in [-0.2, 0) is 4.79 Å². The summed E-state index contributed by atoms with van der Waals surface area (Å²) >= 11 is 0. The fraction of sp³-hybridized carbons (Fsp3) is 0.400. The molecule has 4 heteroatoms. The molecule has 0 saturated carbocycles. The average Bonchev–Trinajstić information content (AvgIpc) is 2.92. The number of benzene rings is 1. The fourth-order valence-corrected chi connectivity index (χ4v) is 2.33. The van der Waals surface area contributed by atoms with E-state index in [0.29, 0.717) is 5.57 Å². The molecular weight excluding hydrogens is 240 g/mol. The number of carbonyl (C=O) groups is 1. The Morgan fingerprint density at radius 1 is 1.32 bits per heavy atom. The second-order valence-electron chi connectivity index (χ2n) is 4.99. The van der Waals surface area contributed by atoms with Crippen LogP contribution in [0.25, 0.3) is 6.08 Å².